The van der Waals surface area contributed by atoms with E-state index in [2.05, 4.69) is 25.2 Å². The van der Waals surface area contributed by atoms with Gasteiger partial charge in [-0.1, -0.05) is 19.1 Å². The van der Waals surface area contributed by atoms with Crippen LogP contribution < -0.4 is 5.73 Å². The van der Waals surface area contributed by atoms with Gasteiger partial charge in [0.25, 0.3) is 0 Å². The van der Waals surface area contributed by atoms with Crippen molar-refractivity contribution in [3.05, 3.63) is 71.4 Å². The number of H-pyrrole nitrogens is 2. The van der Waals surface area contributed by atoms with Crippen molar-refractivity contribution in [2.45, 2.75) is 26.4 Å². The minimum absolute atomic E-state index is 0.223. The van der Waals surface area contributed by atoms with Gasteiger partial charge >= 0.3 is 0 Å². The molecule has 28 heavy (non-hydrogen) atoms. The van der Waals surface area contributed by atoms with Gasteiger partial charge in [-0.3, -0.25) is 5.10 Å². The van der Waals surface area contributed by atoms with Crippen LogP contribution in [0.15, 0.2) is 58.6 Å². The van der Waals surface area contributed by atoms with E-state index in [1.165, 1.54) is 12.1 Å². The van der Waals surface area contributed by atoms with E-state index in [1.807, 2.05) is 26.0 Å². The number of hydrogen-bond acceptors (Lipinski definition) is 3. The number of hydrogen-bond donors (Lipinski definition) is 3. The largest absolute Gasteiger partial charge is 0.385 e. The van der Waals surface area contributed by atoms with Gasteiger partial charge in [-0.25, -0.2) is 14.4 Å². The van der Waals surface area contributed by atoms with Crippen molar-refractivity contribution in [2.75, 3.05) is 6.61 Å². The zero-order chi connectivity index (χ0) is 19.9. The van der Waals surface area contributed by atoms with Gasteiger partial charge in [0.05, 0.1) is 5.69 Å². The second-order valence-corrected chi connectivity index (χ2v) is 6.27. The van der Waals surface area contributed by atoms with E-state index in [1.54, 1.807) is 24.4 Å². The van der Waals surface area contributed by atoms with Gasteiger partial charge in [-0.2, -0.15) is 5.10 Å². The summed E-state index contributed by atoms with van der Waals surface area (Å²) >= 11 is 0. The SMILES string of the molecule is CCCOC(C(N)=NC(=Nc1cc(C)[nH]n1)c1ccc[nH]1)c1ccc(F)cc1. The Bertz CT molecular complexity index is 944. The Hall–Kier alpha value is -3.26. The number of benzene rings is 1. The van der Waals surface area contributed by atoms with Crippen molar-refractivity contribution >= 4 is 17.5 Å². The van der Waals surface area contributed by atoms with Crippen molar-refractivity contribution in [1.29, 1.82) is 0 Å². The Balaban J connectivity index is 1.98. The van der Waals surface area contributed by atoms with E-state index in [9.17, 15) is 4.39 Å². The molecule has 146 valence electrons. The van der Waals surface area contributed by atoms with Crippen LogP contribution in [0.25, 0.3) is 0 Å². The molecule has 0 saturated heterocycles. The minimum atomic E-state index is -0.610. The Labute approximate surface area is 162 Å². The molecule has 0 bridgehead atoms. The lowest BCUT2D eigenvalue weighted by atomic mass is 10.1. The second kappa shape index (κ2) is 9.09. The van der Waals surface area contributed by atoms with Crippen LogP contribution in [0.1, 0.15) is 36.4 Å². The number of nitrogens with one attached hydrogen (secondary N) is 2. The summed E-state index contributed by atoms with van der Waals surface area (Å²) in [7, 11) is 0. The molecule has 0 radical (unpaired) electrons. The highest BCUT2D eigenvalue weighted by molar-refractivity contribution is 6.07. The van der Waals surface area contributed by atoms with Crippen molar-refractivity contribution in [3.63, 3.8) is 0 Å². The van der Waals surface area contributed by atoms with Gasteiger partial charge < -0.3 is 15.5 Å². The van der Waals surface area contributed by atoms with Crippen LogP contribution in [0.4, 0.5) is 10.2 Å². The van der Waals surface area contributed by atoms with Crippen LogP contribution in [0.3, 0.4) is 0 Å². The molecule has 4 N–H and O–H groups in total. The first-order valence-corrected chi connectivity index (χ1v) is 9.02. The number of aryl methyl sites for hydroxylation is 1. The molecule has 0 aliphatic carbocycles. The molecule has 0 aliphatic heterocycles. The van der Waals surface area contributed by atoms with Crippen molar-refractivity contribution < 1.29 is 9.13 Å². The Kier molecular flexibility index (Phi) is 6.33. The standard InChI is InChI=1S/C20H23FN6O/c1-3-11-28-18(14-6-8-15(21)9-7-14)19(22)25-20(16-5-4-10-23-16)24-17-12-13(2)26-27-17/h4-10,12,18,23H,3,11H2,1-2H3,(H3,22,24,25,26,27). The normalized spacial score (nSPS) is 13.7. The molecule has 3 rings (SSSR count). The maximum Gasteiger partial charge on any atom is 0.179 e. The van der Waals surface area contributed by atoms with Crippen LogP contribution in [0, 0.1) is 12.7 Å². The highest BCUT2D eigenvalue weighted by Gasteiger charge is 2.18. The van der Waals surface area contributed by atoms with Gasteiger partial charge in [-0.05, 0) is 43.2 Å². The van der Waals surface area contributed by atoms with Crippen molar-refractivity contribution in [2.24, 2.45) is 15.7 Å². The van der Waals surface area contributed by atoms with Crippen LogP contribution in [0.2, 0.25) is 0 Å². The zero-order valence-electron chi connectivity index (χ0n) is 15.8. The molecule has 3 aromatic rings. The number of rotatable bonds is 7. The fraction of sp³-hybridized carbons (Fsp3) is 0.250. The van der Waals surface area contributed by atoms with E-state index in [0.717, 1.165) is 17.7 Å². The molecule has 8 heteroatoms. The maximum atomic E-state index is 13.3. The lowest BCUT2D eigenvalue weighted by Crippen LogP contribution is -2.26. The highest BCUT2D eigenvalue weighted by Crippen LogP contribution is 2.20. The Morgan fingerprint density at radius 1 is 1.29 bits per heavy atom. The molecule has 0 amide bonds. The number of aromatic nitrogens is 3. The summed E-state index contributed by atoms with van der Waals surface area (Å²) in [5, 5.41) is 6.97. The van der Waals surface area contributed by atoms with Crippen LogP contribution in [0.5, 0.6) is 0 Å². The van der Waals surface area contributed by atoms with Gasteiger partial charge in [0.15, 0.2) is 11.7 Å². The summed E-state index contributed by atoms with van der Waals surface area (Å²) in [4.78, 5) is 12.1. The number of nitrogens with two attached hydrogens (primary N) is 1. The smallest absolute Gasteiger partial charge is 0.179 e. The Morgan fingerprint density at radius 2 is 2.07 bits per heavy atom. The molecule has 1 atom stereocenters. The average molecular weight is 382 g/mol. The molecule has 2 aromatic heterocycles. The highest BCUT2D eigenvalue weighted by atomic mass is 19.1. The minimum Gasteiger partial charge on any atom is -0.385 e. The molecule has 0 aliphatic rings. The van der Waals surface area contributed by atoms with Crippen molar-refractivity contribution in [3.8, 4) is 0 Å². The molecule has 1 unspecified atom stereocenters. The molecule has 0 fully saturated rings. The topological polar surface area (TPSA) is 104 Å². The van der Waals surface area contributed by atoms with Crippen LogP contribution in [-0.2, 0) is 4.74 Å². The third-order valence-corrected chi connectivity index (χ3v) is 3.92. The Morgan fingerprint density at radius 3 is 2.68 bits per heavy atom. The predicted molar refractivity (Wildman–Crippen MR) is 107 cm³/mol. The molecular formula is C20H23FN6O. The fourth-order valence-corrected chi connectivity index (χ4v) is 2.59. The number of aliphatic imine (C=N–C) groups is 2. The first kappa shape index (κ1) is 19.5. The zero-order valence-corrected chi connectivity index (χ0v) is 15.8. The molecule has 2 heterocycles. The molecular weight excluding hydrogens is 359 g/mol. The van der Waals surface area contributed by atoms with Crippen LogP contribution in [-0.4, -0.2) is 33.5 Å². The summed E-state index contributed by atoms with van der Waals surface area (Å²) in [5.41, 5.74) is 8.60. The number of ether oxygens (including phenoxy) is 1. The van der Waals surface area contributed by atoms with E-state index < -0.39 is 6.10 Å². The van der Waals surface area contributed by atoms with Gasteiger partial charge in [0, 0.05) is 24.6 Å². The number of halogens is 1. The van der Waals surface area contributed by atoms with Gasteiger partial charge in [0.1, 0.15) is 17.8 Å². The summed E-state index contributed by atoms with van der Waals surface area (Å²) in [6, 6.07) is 11.5. The van der Waals surface area contributed by atoms with E-state index >= 15 is 0 Å². The fourth-order valence-electron chi connectivity index (χ4n) is 2.59. The second-order valence-electron chi connectivity index (χ2n) is 6.27. The van der Waals surface area contributed by atoms with Crippen molar-refractivity contribution in [1.82, 2.24) is 15.2 Å². The summed E-state index contributed by atoms with van der Waals surface area (Å²) in [6.45, 7) is 4.38. The first-order valence-electron chi connectivity index (χ1n) is 9.02. The average Bonchev–Trinajstić information content (AvgIpc) is 3.35. The number of nitrogens with zero attached hydrogens (tertiary/aromatic N) is 3. The third kappa shape index (κ3) is 4.92. The molecule has 1 aromatic carbocycles. The predicted octanol–water partition coefficient (Wildman–Crippen LogP) is 3.79. The first-order chi connectivity index (χ1) is 13.6. The number of amidine groups is 2. The van der Waals surface area contributed by atoms with E-state index in [0.29, 0.717) is 24.0 Å². The summed E-state index contributed by atoms with van der Waals surface area (Å²) in [6.07, 6.45) is 1.98. The lowest BCUT2D eigenvalue weighted by Gasteiger charge is -2.18. The number of aromatic amines is 2. The van der Waals surface area contributed by atoms with E-state index in [-0.39, 0.29) is 11.7 Å². The maximum absolute atomic E-state index is 13.3. The summed E-state index contributed by atoms with van der Waals surface area (Å²) < 4.78 is 19.2. The molecule has 0 saturated carbocycles. The van der Waals surface area contributed by atoms with E-state index in [4.69, 9.17) is 10.5 Å². The monoisotopic (exact) mass is 382 g/mol. The lowest BCUT2D eigenvalue weighted by molar-refractivity contribution is 0.0978. The van der Waals surface area contributed by atoms with Gasteiger partial charge in [-0.15, -0.1) is 0 Å². The summed E-state index contributed by atoms with van der Waals surface area (Å²) in [5.74, 6) is 0.768. The third-order valence-electron chi connectivity index (χ3n) is 3.92. The molecule has 0 spiro atoms. The van der Waals surface area contributed by atoms with Crippen LogP contribution >= 0.6 is 0 Å². The quantitative estimate of drug-likeness (QED) is 0.428. The van der Waals surface area contributed by atoms with Gasteiger partial charge in [0.2, 0.25) is 0 Å². The molecule has 7 nitrogen and oxygen atoms in total.